The zero-order valence-electron chi connectivity index (χ0n) is 18.9. The molecule has 176 valence electrons. The molecule has 0 saturated carbocycles. The fourth-order valence-electron chi connectivity index (χ4n) is 4.48. The van der Waals surface area contributed by atoms with Gasteiger partial charge in [0.05, 0.1) is 6.04 Å². The van der Waals surface area contributed by atoms with Gasteiger partial charge in [-0.1, -0.05) is 0 Å². The normalized spacial score (nSPS) is 23.4. The fourth-order valence-corrected chi connectivity index (χ4v) is 4.48. The third-order valence-electron chi connectivity index (χ3n) is 5.96. The van der Waals surface area contributed by atoms with E-state index in [1.54, 1.807) is 23.1 Å². The number of amides is 2. The zero-order chi connectivity index (χ0) is 22.9. The Morgan fingerprint density at radius 1 is 1.12 bits per heavy atom. The molecule has 9 heteroatoms. The van der Waals surface area contributed by atoms with Crippen molar-refractivity contribution in [2.75, 3.05) is 26.5 Å². The van der Waals surface area contributed by atoms with E-state index in [1.807, 2.05) is 20.8 Å². The molecule has 9 nitrogen and oxygen atoms in total. The molecule has 2 fully saturated rings. The second kappa shape index (κ2) is 9.05. The number of likely N-dealkylation sites (tertiary alicyclic amines) is 2. The molecule has 0 bridgehead atoms. The molecular weight excluding hydrogens is 416 g/mol. The van der Waals surface area contributed by atoms with Gasteiger partial charge < -0.3 is 29.0 Å². The Bertz CT molecular complexity index is 853. The number of nitrogens with zero attached hydrogens (tertiary/aromatic N) is 2. The van der Waals surface area contributed by atoms with Crippen molar-refractivity contribution in [1.29, 1.82) is 0 Å². The van der Waals surface area contributed by atoms with Crippen LogP contribution in [0.15, 0.2) is 18.2 Å². The Kier molecular flexibility index (Phi) is 6.37. The number of aliphatic hydroxyl groups is 1. The van der Waals surface area contributed by atoms with E-state index in [-0.39, 0.29) is 25.3 Å². The highest BCUT2D eigenvalue weighted by atomic mass is 16.7. The second-order valence-corrected chi connectivity index (χ2v) is 9.47. The maximum atomic E-state index is 13.3. The lowest BCUT2D eigenvalue weighted by molar-refractivity contribution is -0.139. The standard InChI is InChI=1S/C23H32N2O7/c1-23(2,3)32-22(28)25-11-5-7-17(25)21(27)24-10-4-6-16(24)18(26)13-29-15-8-9-19-20(12-15)31-14-30-19/h8-9,12,16-18,26H,4-7,10-11,13-14H2,1-3H3/t16-,17-,18?/m0/s1. The number of hydrogen-bond donors (Lipinski definition) is 1. The van der Waals surface area contributed by atoms with Gasteiger partial charge >= 0.3 is 6.09 Å². The summed E-state index contributed by atoms with van der Waals surface area (Å²) in [5, 5.41) is 10.8. The van der Waals surface area contributed by atoms with Gasteiger partial charge in [0, 0.05) is 19.2 Å². The van der Waals surface area contributed by atoms with Gasteiger partial charge in [0.25, 0.3) is 0 Å². The molecule has 0 aromatic heterocycles. The van der Waals surface area contributed by atoms with Crippen LogP contribution < -0.4 is 14.2 Å². The molecule has 1 aromatic rings. The molecule has 0 aliphatic carbocycles. The van der Waals surface area contributed by atoms with Gasteiger partial charge in [0.15, 0.2) is 11.5 Å². The summed E-state index contributed by atoms with van der Waals surface area (Å²) in [7, 11) is 0. The first kappa shape index (κ1) is 22.5. The minimum atomic E-state index is -0.844. The molecule has 1 unspecified atom stereocenters. The van der Waals surface area contributed by atoms with E-state index in [4.69, 9.17) is 18.9 Å². The third kappa shape index (κ3) is 4.87. The molecule has 0 radical (unpaired) electrons. The zero-order valence-corrected chi connectivity index (χ0v) is 18.9. The molecule has 2 saturated heterocycles. The van der Waals surface area contributed by atoms with Gasteiger partial charge in [-0.05, 0) is 58.6 Å². The average Bonchev–Trinajstić information content (AvgIpc) is 3.49. The van der Waals surface area contributed by atoms with Crippen molar-refractivity contribution in [3.63, 3.8) is 0 Å². The van der Waals surface area contributed by atoms with Gasteiger partial charge in [-0.25, -0.2) is 4.79 Å². The van der Waals surface area contributed by atoms with Crippen molar-refractivity contribution in [2.45, 2.75) is 70.2 Å². The van der Waals surface area contributed by atoms with Crippen LogP contribution in [0.1, 0.15) is 46.5 Å². The van der Waals surface area contributed by atoms with E-state index in [9.17, 15) is 14.7 Å². The number of hydrogen-bond acceptors (Lipinski definition) is 7. The molecule has 2 amide bonds. The number of benzene rings is 1. The SMILES string of the molecule is CC(C)(C)OC(=O)N1CCC[C@H]1C(=O)N1CCC[C@H]1C(O)COc1ccc2c(c1)OCO2. The smallest absolute Gasteiger partial charge is 0.410 e. The van der Waals surface area contributed by atoms with Gasteiger partial charge in [-0.2, -0.15) is 0 Å². The summed E-state index contributed by atoms with van der Waals surface area (Å²) in [6.45, 7) is 6.72. The van der Waals surface area contributed by atoms with Gasteiger partial charge in [0.1, 0.15) is 30.1 Å². The van der Waals surface area contributed by atoms with Crippen LogP contribution in [0.25, 0.3) is 0 Å². The van der Waals surface area contributed by atoms with E-state index in [0.29, 0.717) is 43.2 Å². The van der Waals surface area contributed by atoms with Crippen LogP contribution in [0.4, 0.5) is 4.79 Å². The minimum Gasteiger partial charge on any atom is -0.491 e. The van der Waals surface area contributed by atoms with Crippen LogP contribution in [0.2, 0.25) is 0 Å². The summed E-state index contributed by atoms with van der Waals surface area (Å²) in [5.74, 6) is 1.71. The predicted molar refractivity (Wildman–Crippen MR) is 115 cm³/mol. The summed E-state index contributed by atoms with van der Waals surface area (Å²) < 4.78 is 21.9. The van der Waals surface area contributed by atoms with Crippen LogP contribution in [0, 0.1) is 0 Å². The molecular formula is C23H32N2O7. The number of carbonyl (C=O) groups excluding carboxylic acids is 2. The van der Waals surface area contributed by atoms with E-state index < -0.39 is 23.8 Å². The Balaban J connectivity index is 1.36. The number of ether oxygens (including phenoxy) is 4. The van der Waals surface area contributed by atoms with Crippen molar-refractivity contribution in [2.24, 2.45) is 0 Å². The van der Waals surface area contributed by atoms with E-state index in [1.165, 1.54) is 4.90 Å². The first-order valence-corrected chi connectivity index (χ1v) is 11.2. The Morgan fingerprint density at radius 3 is 2.62 bits per heavy atom. The van der Waals surface area contributed by atoms with Crippen molar-refractivity contribution >= 4 is 12.0 Å². The highest BCUT2D eigenvalue weighted by molar-refractivity contribution is 5.86. The molecule has 3 atom stereocenters. The Labute approximate surface area is 188 Å². The van der Waals surface area contributed by atoms with Gasteiger partial charge in [-0.3, -0.25) is 9.69 Å². The number of fused-ring (bicyclic) bond motifs is 1. The second-order valence-electron chi connectivity index (χ2n) is 9.47. The van der Waals surface area contributed by atoms with Crippen LogP contribution in [-0.2, 0) is 9.53 Å². The van der Waals surface area contributed by atoms with Gasteiger partial charge in [0.2, 0.25) is 12.7 Å². The quantitative estimate of drug-likeness (QED) is 0.739. The largest absolute Gasteiger partial charge is 0.491 e. The third-order valence-corrected chi connectivity index (χ3v) is 5.96. The van der Waals surface area contributed by atoms with Crippen LogP contribution in [-0.4, -0.2) is 77.2 Å². The summed E-state index contributed by atoms with van der Waals surface area (Å²) in [5.41, 5.74) is -0.619. The number of rotatable bonds is 5. The lowest BCUT2D eigenvalue weighted by Crippen LogP contribution is -2.53. The lowest BCUT2D eigenvalue weighted by Gasteiger charge is -2.34. The molecule has 3 aliphatic rings. The van der Waals surface area contributed by atoms with E-state index in [2.05, 4.69) is 0 Å². The molecule has 3 aliphatic heterocycles. The highest BCUT2D eigenvalue weighted by Gasteiger charge is 2.43. The molecule has 1 N–H and O–H groups in total. The summed E-state index contributed by atoms with van der Waals surface area (Å²) >= 11 is 0. The molecule has 1 aromatic carbocycles. The van der Waals surface area contributed by atoms with Crippen molar-refractivity contribution in [3.8, 4) is 17.2 Å². The van der Waals surface area contributed by atoms with Crippen LogP contribution in [0.5, 0.6) is 17.2 Å². The number of aliphatic hydroxyl groups excluding tert-OH is 1. The predicted octanol–water partition coefficient (Wildman–Crippen LogP) is 2.55. The maximum Gasteiger partial charge on any atom is 0.410 e. The first-order chi connectivity index (χ1) is 15.2. The maximum absolute atomic E-state index is 13.3. The van der Waals surface area contributed by atoms with Crippen LogP contribution >= 0.6 is 0 Å². The fraction of sp³-hybridized carbons (Fsp3) is 0.652. The molecule has 3 heterocycles. The van der Waals surface area contributed by atoms with E-state index in [0.717, 1.165) is 12.8 Å². The Hall–Kier alpha value is -2.68. The lowest BCUT2D eigenvalue weighted by atomic mass is 10.1. The highest BCUT2D eigenvalue weighted by Crippen LogP contribution is 2.35. The van der Waals surface area contributed by atoms with Crippen LogP contribution in [0.3, 0.4) is 0 Å². The van der Waals surface area contributed by atoms with E-state index >= 15 is 0 Å². The van der Waals surface area contributed by atoms with Gasteiger partial charge in [-0.15, -0.1) is 0 Å². The summed E-state index contributed by atoms with van der Waals surface area (Å²) in [4.78, 5) is 29.2. The first-order valence-electron chi connectivity index (χ1n) is 11.2. The van der Waals surface area contributed by atoms with Crippen molar-refractivity contribution < 1.29 is 33.6 Å². The average molecular weight is 449 g/mol. The summed E-state index contributed by atoms with van der Waals surface area (Å²) in [6, 6.07) is 4.35. The summed E-state index contributed by atoms with van der Waals surface area (Å²) in [6.07, 6.45) is 1.54. The van der Waals surface area contributed by atoms with Crippen molar-refractivity contribution in [1.82, 2.24) is 9.80 Å². The monoisotopic (exact) mass is 448 g/mol. The molecule has 0 spiro atoms. The number of carbonyl (C=O) groups is 2. The molecule has 4 rings (SSSR count). The Morgan fingerprint density at radius 2 is 1.84 bits per heavy atom. The topological polar surface area (TPSA) is 97.8 Å². The molecule has 32 heavy (non-hydrogen) atoms. The minimum absolute atomic E-state index is 0.0501. The van der Waals surface area contributed by atoms with Crippen molar-refractivity contribution in [3.05, 3.63) is 18.2 Å².